The number of rotatable bonds is 5. The van der Waals surface area contributed by atoms with Gasteiger partial charge in [0, 0.05) is 11.9 Å². The molecule has 0 aliphatic rings. The van der Waals surface area contributed by atoms with Crippen LogP contribution in [0, 0.1) is 0 Å². The van der Waals surface area contributed by atoms with Crippen molar-refractivity contribution < 1.29 is 21.9 Å². The highest BCUT2D eigenvalue weighted by atomic mass is 32.2. The molecule has 3 N–H and O–H groups in total. The van der Waals surface area contributed by atoms with E-state index >= 15 is 0 Å². The van der Waals surface area contributed by atoms with E-state index in [1.54, 1.807) is 36.4 Å². The summed E-state index contributed by atoms with van der Waals surface area (Å²) in [5.74, 6) is 0. The molecule has 2 aromatic heterocycles. The molecule has 156 valence electrons. The van der Waals surface area contributed by atoms with Gasteiger partial charge in [-0.15, -0.1) is 0 Å². The molecule has 4 aromatic rings. The molecule has 2 heterocycles. The second-order valence-corrected chi connectivity index (χ2v) is 7.41. The van der Waals surface area contributed by atoms with Crippen LogP contribution in [0.1, 0.15) is 5.56 Å². The molecule has 2 aromatic carbocycles. The van der Waals surface area contributed by atoms with Crippen LogP contribution in [0.15, 0.2) is 53.5 Å². The number of aromatic nitrogens is 3. The second-order valence-electron chi connectivity index (χ2n) is 6.62. The van der Waals surface area contributed by atoms with Crippen molar-refractivity contribution in [3.05, 3.63) is 64.6 Å². The summed E-state index contributed by atoms with van der Waals surface area (Å²) in [5, 5.41) is 7.00. The van der Waals surface area contributed by atoms with E-state index in [1.165, 1.54) is 12.3 Å². The molecule has 0 amide bonds. The van der Waals surface area contributed by atoms with E-state index in [0.717, 1.165) is 0 Å². The molecular weight excluding hydrogens is 421 g/mol. The summed E-state index contributed by atoms with van der Waals surface area (Å²) in [6, 6.07) is 11.8. The largest absolute Gasteiger partial charge is 0.406 e. The summed E-state index contributed by atoms with van der Waals surface area (Å²) >= 11 is -2.21. The highest BCUT2D eigenvalue weighted by Crippen LogP contribution is 2.30. The van der Waals surface area contributed by atoms with E-state index in [0.29, 0.717) is 32.2 Å². The Kier molecular flexibility index (Phi) is 5.18. The molecule has 0 aliphatic carbocycles. The molecule has 7 nitrogen and oxygen atoms in total. The fraction of sp³-hybridized carbons (Fsp3) is 0.158. The van der Waals surface area contributed by atoms with Gasteiger partial charge in [0.25, 0.3) is 5.56 Å². The van der Waals surface area contributed by atoms with E-state index in [1.807, 2.05) is 0 Å². The molecule has 30 heavy (non-hydrogen) atoms. The lowest BCUT2D eigenvalue weighted by molar-refractivity contribution is -0.140. The van der Waals surface area contributed by atoms with Crippen molar-refractivity contribution in [3.8, 4) is 11.1 Å². The third kappa shape index (κ3) is 3.86. The zero-order valence-electron chi connectivity index (χ0n) is 15.2. The van der Waals surface area contributed by atoms with Gasteiger partial charge >= 0.3 is 6.18 Å². The fourth-order valence-electron chi connectivity index (χ4n) is 3.47. The predicted molar refractivity (Wildman–Crippen MR) is 107 cm³/mol. The minimum atomic E-state index is -4.59. The Balaban J connectivity index is 1.95. The van der Waals surface area contributed by atoms with Crippen LogP contribution in [0.3, 0.4) is 0 Å². The van der Waals surface area contributed by atoms with Crippen molar-refractivity contribution >= 4 is 33.1 Å². The van der Waals surface area contributed by atoms with Crippen LogP contribution in [0.25, 0.3) is 32.9 Å². The molecule has 0 spiro atoms. The number of hydrogen-bond acceptors (Lipinski definition) is 3. The zero-order chi connectivity index (χ0) is 21.5. The first kappa shape index (κ1) is 20.3. The topological polar surface area (TPSA) is 100 Å². The van der Waals surface area contributed by atoms with Crippen molar-refractivity contribution in [1.82, 2.24) is 19.5 Å². The van der Waals surface area contributed by atoms with Crippen molar-refractivity contribution in [2.75, 3.05) is 0 Å². The Bertz CT molecular complexity index is 1330. The quantitative estimate of drug-likeness (QED) is 0.418. The van der Waals surface area contributed by atoms with Gasteiger partial charge in [0.2, 0.25) is 11.3 Å². The van der Waals surface area contributed by atoms with Gasteiger partial charge in [-0.1, -0.05) is 36.4 Å². The van der Waals surface area contributed by atoms with Gasteiger partial charge in [0.05, 0.1) is 22.6 Å². The summed E-state index contributed by atoms with van der Waals surface area (Å²) in [6.07, 6.45) is -3.37. The highest BCUT2D eigenvalue weighted by Gasteiger charge is 2.30. The minimum Gasteiger partial charge on any atom is -0.298 e. The maximum absolute atomic E-state index is 13.2. The number of nitrogens with one attached hydrogen (secondary N) is 2. The monoisotopic (exact) mass is 436 g/mol. The summed E-state index contributed by atoms with van der Waals surface area (Å²) in [4.78, 5) is 12.7. The first-order valence-electron chi connectivity index (χ1n) is 8.73. The summed E-state index contributed by atoms with van der Waals surface area (Å²) < 4.78 is 62.6. The third-order valence-electron chi connectivity index (χ3n) is 4.72. The van der Waals surface area contributed by atoms with Gasteiger partial charge in [-0.05, 0) is 22.8 Å². The number of H-pyrrole nitrogens is 1. The minimum absolute atomic E-state index is 0.0757. The van der Waals surface area contributed by atoms with Crippen LogP contribution in [-0.2, 0) is 24.4 Å². The SMILES string of the molecule is O=c1c2cn[nH]c2c2ccc(-c3ccccc3CNS(=O)O)cc2n1CC(F)(F)F. The molecule has 4 rings (SSSR count). The van der Waals surface area contributed by atoms with Crippen LogP contribution < -0.4 is 10.3 Å². The van der Waals surface area contributed by atoms with Gasteiger partial charge in [0.1, 0.15) is 6.54 Å². The number of pyridine rings is 1. The Morgan fingerprint density at radius 2 is 1.93 bits per heavy atom. The van der Waals surface area contributed by atoms with E-state index in [4.69, 9.17) is 4.55 Å². The van der Waals surface area contributed by atoms with Crippen LogP contribution in [-0.4, -0.2) is 29.7 Å². The van der Waals surface area contributed by atoms with E-state index < -0.39 is 29.5 Å². The van der Waals surface area contributed by atoms with Crippen LogP contribution in [0.4, 0.5) is 13.2 Å². The number of halogens is 3. The second kappa shape index (κ2) is 7.67. The molecule has 0 saturated heterocycles. The maximum atomic E-state index is 13.2. The molecule has 0 saturated carbocycles. The molecule has 0 aliphatic heterocycles. The number of aromatic amines is 1. The molecular formula is C19H15F3N4O3S. The van der Waals surface area contributed by atoms with Crippen molar-refractivity contribution in [2.45, 2.75) is 19.3 Å². The average molecular weight is 436 g/mol. The smallest absolute Gasteiger partial charge is 0.298 e. The van der Waals surface area contributed by atoms with Gasteiger partial charge < -0.3 is 0 Å². The highest BCUT2D eigenvalue weighted by molar-refractivity contribution is 7.77. The molecule has 1 atom stereocenters. The Hall–Kier alpha value is -3.02. The number of hydrogen-bond donors (Lipinski definition) is 3. The van der Waals surface area contributed by atoms with Crippen molar-refractivity contribution in [1.29, 1.82) is 0 Å². The summed E-state index contributed by atoms with van der Waals surface area (Å²) in [6.45, 7) is -1.36. The van der Waals surface area contributed by atoms with Gasteiger partial charge in [-0.2, -0.15) is 18.3 Å². The number of fused-ring (bicyclic) bond motifs is 3. The third-order valence-corrected chi connectivity index (χ3v) is 5.12. The fourth-order valence-corrected chi connectivity index (χ4v) is 3.75. The Labute approximate surface area is 169 Å². The average Bonchev–Trinajstić information content (AvgIpc) is 3.19. The molecule has 11 heteroatoms. The van der Waals surface area contributed by atoms with Gasteiger partial charge in [-0.3, -0.25) is 19.0 Å². The van der Waals surface area contributed by atoms with E-state index in [-0.39, 0.29) is 17.4 Å². The molecule has 0 bridgehead atoms. The van der Waals surface area contributed by atoms with Gasteiger partial charge in [0.15, 0.2) is 0 Å². The number of benzene rings is 2. The van der Waals surface area contributed by atoms with Gasteiger partial charge in [-0.25, -0.2) is 8.93 Å². The normalized spacial score (nSPS) is 13.2. The van der Waals surface area contributed by atoms with Crippen molar-refractivity contribution in [2.24, 2.45) is 0 Å². The van der Waals surface area contributed by atoms with E-state index in [2.05, 4.69) is 14.9 Å². The first-order valence-corrected chi connectivity index (χ1v) is 9.84. The van der Waals surface area contributed by atoms with Crippen LogP contribution in [0.5, 0.6) is 0 Å². The lowest BCUT2D eigenvalue weighted by atomic mass is 9.98. The zero-order valence-corrected chi connectivity index (χ0v) is 16.0. The molecule has 0 fully saturated rings. The molecule has 1 unspecified atom stereocenters. The predicted octanol–water partition coefficient (Wildman–Crippen LogP) is 3.33. The first-order chi connectivity index (χ1) is 14.2. The number of nitrogens with zero attached hydrogens (tertiary/aromatic N) is 2. The summed E-state index contributed by atoms with van der Waals surface area (Å²) in [7, 11) is 0. The van der Waals surface area contributed by atoms with E-state index in [9.17, 15) is 22.2 Å². The summed E-state index contributed by atoms with van der Waals surface area (Å²) in [5.41, 5.74) is 1.59. The number of alkyl halides is 3. The van der Waals surface area contributed by atoms with Crippen molar-refractivity contribution in [3.63, 3.8) is 0 Å². The maximum Gasteiger partial charge on any atom is 0.406 e. The lowest BCUT2D eigenvalue weighted by Crippen LogP contribution is -2.28. The lowest BCUT2D eigenvalue weighted by Gasteiger charge is -2.15. The van der Waals surface area contributed by atoms with Crippen LogP contribution >= 0.6 is 0 Å². The van der Waals surface area contributed by atoms with Crippen LogP contribution in [0.2, 0.25) is 0 Å². The standard InChI is InChI=1S/C19H15F3N4O3S/c20-19(21,22)10-26-16-7-11(13-4-2-1-3-12(13)8-24-30(28)29)5-6-14(16)17-15(18(26)27)9-23-25-17/h1-7,9,24H,8,10H2,(H,23,25)(H,28,29). The Morgan fingerprint density at radius 3 is 2.67 bits per heavy atom. The molecule has 0 radical (unpaired) electrons. The Morgan fingerprint density at radius 1 is 1.17 bits per heavy atom.